The molecule has 1 atom stereocenters. The number of piperidine rings is 3. The molecule has 7 rings (SSSR count). The summed E-state index contributed by atoms with van der Waals surface area (Å²) in [6.07, 6.45) is 4.11. The Balaban J connectivity index is 1.56. The van der Waals surface area contributed by atoms with Crippen LogP contribution in [0.5, 0.6) is 0 Å². The lowest BCUT2D eigenvalue weighted by Crippen LogP contribution is -2.53. The molecule has 4 aromatic rings. The summed E-state index contributed by atoms with van der Waals surface area (Å²) in [6, 6.07) is 10.0. The summed E-state index contributed by atoms with van der Waals surface area (Å²) in [5, 5.41) is 4.75. The molecule has 0 unspecified atom stereocenters. The van der Waals surface area contributed by atoms with E-state index in [4.69, 9.17) is 0 Å². The number of aromatic nitrogens is 4. The van der Waals surface area contributed by atoms with E-state index in [1.807, 2.05) is 24.3 Å². The highest BCUT2D eigenvalue weighted by atomic mass is 79.9. The summed E-state index contributed by atoms with van der Waals surface area (Å²) in [5.74, 6) is 1.16. The smallest absolute Gasteiger partial charge is 0.261 e. The summed E-state index contributed by atoms with van der Waals surface area (Å²) in [5.41, 5.74) is 3.45. The number of benzene rings is 1. The molecule has 7 nitrogen and oxygen atoms in total. The molecule has 0 aliphatic carbocycles. The first-order valence-electron chi connectivity index (χ1n) is 10.3. The third kappa shape index (κ3) is 2.94. The van der Waals surface area contributed by atoms with Crippen molar-refractivity contribution in [2.45, 2.75) is 18.9 Å². The van der Waals surface area contributed by atoms with Gasteiger partial charge in [0.05, 0.1) is 16.7 Å². The SMILES string of the molecule is O=c1[nH]c2ccc(Br)cc2c(N[C@@H]2CN3CCC2CC3)c1-c1nc2ncccc2[nH]1. The summed E-state index contributed by atoms with van der Waals surface area (Å²) in [6.45, 7) is 3.35. The first kappa shape index (κ1) is 18.1. The van der Waals surface area contributed by atoms with Gasteiger partial charge in [0.2, 0.25) is 0 Å². The molecule has 0 amide bonds. The van der Waals surface area contributed by atoms with Gasteiger partial charge in [-0.3, -0.25) is 4.79 Å². The van der Waals surface area contributed by atoms with Crippen LogP contribution in [-0.2, 0) is 0 Å². The van der Waals surface area contributed by atoms with Gasteiger partial charge in [0.15, 0.2) is 5.65 Å². The van der Waals surface area contributed by atoms with Crippen molar-refractivity contribution in [3.05, 3.63) is 51.4 Å². The quantitative estimate of drug-likeness (QED) is 0.429. The molecular formula is C22H21BrN6O. The average Bonchev–Trinajstić information content (AvgIpc) is 3.19. The predicted molar refractivity (Wildman–Crippen MR) is 122 cm³/mol. The molecule has 3 saturated heterocycles. The summed E-state index contributed by atoms with van der Waals surface area (Å²) < 4.78 is 0.969. The number of halogens is 1. The van der Waals surface area contributed by atoms with Crippen molar-refractivity contribution >= 4 is 43.7 Å². The van der Waals surface area contributed by atoms with E-state index >= 15 is 0 Å². The molecule has 0 saturated carbocycles. The molecule has 152 valence electrons. The van der Waals surface area contributed by atoms with E-state index in [0.717, 1.165) is 33.1 Å². The minimum atomic E-state index is -0.160. The third-order valence-corrected chi connectivity index (χ3v) is 6.95. The lowest BCUT2D eigenvalue weighted by Gasteiger charge is -2.45. The van der Waals surface area contributed by atoms with Gasteiger partial charge < -0.3 is 20.2 Å². The Bertz CT molecular complexity index is 1290. The Morgan fingerprint density at radius 1 is 1.13 bits per heavy atom. The van der Waals surface area contributed by atoms with Crippen LogP contribution >= 0.6 is 15.9 Å². The molecule has 3 N–H and O–H groups in total. The summed E-state index contributed by atoms with van der Waals surface area (Å²) in [7, 11) is 0. The van der Waals surface area contributed by atoms with Crippen LogP contribution in [-0.4, -0.2) is 50.5 Å². The Kier molecular flexibility index (Phi) is 4.17. The molecule has 3 aromatic heterocycles. The van der Waals surface area contributed by atoms with E-state index in [1.54, 1.807) is 6.20 Å². The molecule has 2 bridgehead atoms. The van der Waals surface area contributed by atoms with Crippen LogP contribution in [0.1, 0.15) is 12.8 Å². The number of H-pyrrole nitrogens is 2. The van der Waals surface area contributed by atoms with Gasteiger partial charge in [0.25, 0.3) is 5.56 Å². The van der Waals surface area contributed by atoms with Gasteiger partial charge in [-0.15, -0.1) is 0 Å². The number of pyridine rings is 2. The van der Waals surface area contributed by atoms with E-state index in [2.05, 4.69) is 52.1 Å². The fourth-order valence-electron chi connectivity index (χ4n) is 4.92. The summed E-state index contributed by atoms with van der Waals surface area (Å²) >= 11 is 3.59. The molecule has 0 spiro atoms. The van der Waals surface area contributed by atoms with Gasteiger partial charge in [0.1, 0.15) is 11.4 Å². The van der Waals surface area contributed by atoms with Crippen molar-refractivity contribution in [2.75, 3.05) is 25.0 Å². The number of nitrogens with one attached hydrogen (secondary N) is 3. The van der Waals surface area contributed by atoms with Crippen LogP contribution in [0.4, 0.5) is 5.69 Å². The van der Waals surface area contributed by atoms with Crippen LogP contribution in [0.2, 0.25) is 0 Å². The number of nitrogens with zero attached hydrogens (tertiary/aromatic N) is 3. The Morgan fingerprint density at radius 2 is 2.00 bits per heavy atom. The van der Waals surface area contributed by atoms with Gasteiger partial charge in [-0.05, 0) is 62.2 Å². The third-order valence-electron chi connectivity index (χ3n) is 6.46. The second kappa shape index (κ2) is 6.92. The second-order valence-electron chi connectivity index (χ2n) is 8.24. The average molecular weight is 465 g/mol. The Hall–Kier alpha value is -2.71. The van der Waals surface area contributed by atoms with Crippen LogP contribution in [0.25, 0.3) is 33.5 Å². The molecule has 6 heterocycles. The van der Waals surface area contributed by atoms with Crippen molar-refractivity contribution in [2.24, 2.45) is 5.92 Å². The van der Waals surface area contributed by atoms with E-state index in [1.165, 1.54) is 25.9 Å². The highest BCUT2D eigenvalue weighted by Gasteiger charge is 2.35. The maximum Gasteiger partial charge on any atom is 0.261 e. The molecule has 1 aromatic carbocycles. The molecule has 0 radical (unpaired) electrons. The number of fused-ring (bicyclic) bond motifs is 5. The van der Waals surface area contributed by atoms with Gasteiger partial charge in [0, 0.05) is 28.6 Å². The molecule has 3 aliphatic rings. The lowest BCUT2D eigenvalue weighted by atomic mass is 9.83. The fourth-order valence-corrected chi connectivity index (χ4v) is 5.28. The zero-order chi connectivity index (χ0) is 20.2. The highest BCUT2D eigenvalue weighted by molar-refractivity contribution is 9.10. The Labute approximate surface area is 181 Å². The first-order chi connectivity index (χ1) is 14.7. The zero-order valence-electron chi connectivity index (χ0n) is 16.3. The molecule has 3 aliphatic heterocycles. The van der Waals surface area contributed by atoms with Crippen LogP contribution in [0.3, 0.4) is 0 Å². The number of rotatable bonds is 3. The molecule has 3 fully saturated rings. The second-order valence-corrected chi connectivity index (χ2v) is 9.16. The van der Waals surface area contributed by atoms with Crippen molar-refractivity contribution in [3.63, 3.8) is 0 Å². The Morgan fingerprint density at radius 3 is 2.77 bits per heavy atom. The fraction of sp³-hybridized carbons (Fsp3) is 0.318. The van der Waals surface area contributed by atoms with Gasteiger partial charge in [-0.2, -0.15) is 0 Å². The van der Waals surface area contributed by atoms with Crippen molar-refractivity contribution in [3.8, 4) is 11.4 Å². The van der Waals surface area contributed by atoms with E-state index in [0.29, 0.717) is 29.0 Å². The zero-order valence-corrected chi connectivity index (χ0v) is 17.9. The number of imidazole rings is 1. The van der Waals surface area contributed by atoms with Crippen LogP contribution in [0.15, 0.2) is 45.8 Å². The topological polar surface area (TPSA) is 89.7 Å². The standard InChI is InChI=1S/C22H21BrN6O/c23-13-3-4-15-14(10-13)19(25-17-11-29-8-5-12(17)6-9-29)18(22(30)27-15)21-26-16-2-1-7-24-20(16)28-21/h1-4,7,10,12,17H,5-6,8-9,11H2,(H,24,26,28)(H2,25,27,30)/t17-/m1/s1. The van der Waals surface area contributed by atoms with Gasteiger partial charge in [-0.1, -0.05) is 15.9 Å². The van der Waals surface area contributed by atoms with E-state index in [-0.39, 0.29) is 5.56 Å². The monoisotopic (exact) mass is 464 g/mol. The normalized spacial score (nSPS) is 23.3. The maximum absolute atomic E-state index is 13.2. The van der Waals surface area contributed by atoms with Crippen molar-refractivity contribution in [1.29, 1.82) is 0 Å². The lowest BCUT2D eigenvalue weighted by molar-refractivity contribution is 0.0976. The first-order valence-corrected chi connectivity index (χ1v) is 11.1. The predicted octanol–water partition coefficient (Wildman–Crippen LogP) is 3.74. The maximum atomic E-state index is 13.2. The van der Waals surface area contributed by atoms with Crippen molar-refractivity contribution < 1.29 is 0 Å². The summed E-state index contributed by atoms with van der Waals surface area (Å²) in [4.78, 5) is 31.0. The van der Waals surface area contributed by atoms with Crippen molar-refractivity contribution in [1.82, 2.24) is 24.8 Å². The number of hydrogen-bond donors (Lipinski definition) is 3. The van der Waals surface area contributed by atoms with Gasteiger partial charge in [-0.25, -0.2) is 9.97 Å². The molecule has 30 heavy (non-hydrogen) atoms. The van der Waals surface area contributed by atoms with Crippen LogP contribution in [0, 0.1) is 5.92 Å². The number of hydrogen-bond acceptors (Lipinski definition) is 5. The minimum Gasteiger partial charge on any atom is -0.379 e. The molecule has 8 heteroatoms. The molecular weight excluding hydrogens is 444 g/mol. The van der Waals surface area contributed by atoms with Crippen LogP contribution < -0.4 is 10.9 Å². The minimum absolute atomic E-state index is 0.160. The van der Waals surface area contributed by atoms with E-state index in [9.17, 15) is 4.79 Å². The highest BCUT2D eigenvalue weighted by Crippen LogP contribution is 2.36. The number of aromatic amines is 2. The van der Waals surface area contributed by atoms with Gasteiger partial charge >= 0.3 is 0 Å². The van der Waals surface area contributed by atoms with E-state index < -0.39 is 0 Å². The number of anilines is 1. The largest absolute Gasteiger partial charge is 0.379 e.